The van der Waals surface area contributed by atoms with Crippen molar-refractivity contribution in [2.24, 2.45) is 0 Å². The molecule has 1 fully saturated rings. The summed E-state index contributed by atoms with van der Waals surface area (Å²) in [6, 6.07) is 2.17. The molecule has 1 aliphatic carbocycles. The van der Waals surface area contributed by atoms with Gasteiger partial charge in [0.2, 0.25) is 5.91 Å². The molecular formula is C12H20N2O3S. The number of rotatable bonds is 3. The topological polar surface area (TPSA) is 87.0 Å². The zero-order valence-corrected chi connectivity index (χ0v) is 11.7. The quantitative estimate of drug-likeness (QED) is 0.781. The molecule has 0 aromatic rings. The number of hydrogen-bond donors (Lipinski definition) is 1. The minimum atomic E-state index is -3.42. The van der Waals surface area contributed by atoms with E-state index in [1.807, 2.05) is 0 Å². The van der Waals surface area contributed by atoms with E-state index in [2.05, 4.69) is 11.4 Å². The summed E-state index contributed by atoms with van der Waals surface area (Å²) in [4.78, 5) is 11.9. The lowest BCUT2D eigenvalue weighted by molar-refractivity contribution is -0.121. The van der Waals surface area contributed by atoms with Gasteiger partial charge in [0.25, 0.3) is 0 Å². The first kappa shape index (κ1) is 15.0. The molecule has 0 radical (unpaired) electrons. The second-order valence-electron chi connectivity index (χ2n) is 5.07. The van der Waals surface area contributed by atoms with E-state index in [0.717, 1.165) is 31.9 Å². The highest BCUT2D eigenvalue weighted by Crippen LogP contribution is 2.26. The number of hydrogen-bond acceptors (Lipinski definition) is 4. The third-order valence-electron chi connectivity index (χ3n) is 3.55. The Hall–Kier alpha value is -1.09. The van der Waals surface area contributed by atoms with Crippen molar-refractivity contribution in [2.75, 3.05) is 6.26 Å². The van der Waals surface area contributed by atoms with Crippen molar-refractivity contribution in [3.63, 3.8) is 0 Å². The van der Waals surface area contributed by atoms with Crippen LogP contribution in [0.25, 0.3) is 0 Å². The van der Waals surface area contributed by atoms with E-state index >= 15 is 0 Å². The second kappa shape index (κ2) is 5.70. The van der Waals surface area contributed by atoms with Crippen LogP contribution >= 0.6 is 0 Å². The fourth-order valence-corrected chi connectivity index (χ4v) is 2.58. The molecule has 5 nitrogen and oxygen atoms in total. The number of nitrogens with one attached hydrogen (secondary N) is 1. The zero-order valence-electron chi connectivity index (χ0n) is 10.9. The molecule has 1 N–H and O–H groups in total. The second-order valence-corrected chi connectivity index (χ2v) is 7.44. The van der Waals surface area contributed by atoms with Crippen LogP contribution in [-0.2, 0) is 14.6 Å². The van der Waals surface area contributed by atoms with E-state index in [4.69, 9.17) is 0 Å². The highest BCUT2D eigenvalue weighted by molar-refractivity contribution is 7.92. The van der Waals surface area contributed by atoms with Gasteiger partial charge in [-0.05, 0) is 19.8 Å². The summed E-state index contributed by atoms with van der Waals surface area (Å²) < 4.78 is 22.7. The molecule has 0 heterocycles. The molecule has 1 aliphatic rings. The lowest BCUT2D eigenvalue weighted by atomic mass is 9.92. The number of carbonyl (C=O) groups excluding carboxylic acids is 1. The predicted molar refractivity (Wildman–Crippen MR) is 68.5 cm³/mol. The normalized spacial score (nSPS) is 21.4. The SMILES string of the molecule is CC(C(=O)NC1(C#N)CCCCCC1)S(C)(=O)=O. The van der Waals surface area contributed by atoms with Crippen LogP contribution in [0.5, 0.6) is 0 Å². The summed E-state index contributed by atoms with van der Waals surface area (Å²) in [7, 11) is -3.42. The van der Waals surface area contributed by atoms with Crippen LogP contribution in [0, 0.1) is 11.3 Å². The summed E-state index contributed by atoms with van der Waals surface area (Å²) in [6.45, 7) is 1.35. The third-order valence-corrected chi connectivity index (χ3v) is 5.04. The first-order valence-corrected chi connectivity index (χ1v) is 8.18. The molecule has 0 spiro atoms. The standard InChI is InChI=1S/C12H20N2O3S/c1-10(18(2,16)17)11(15)14-12(9-13)7-5-3-4-6-8-12/h10H,3-8H2,1-2H3,(H,14,15). The molecule has 0 bridgehead atoms. The highest BCUT2D eigenvalue weighted by atomic mass is 32.2. The maximum Gasteiger partial charge on any atom is 0.239 e. The van der Waals surface area contributed by atoms with Gasteiger partial charge in [0.1, 0.15) is 10.8 Å². The Bertz CT molecular complexity index is 442. The first-order chi connectivity index (χ1) is 8.31. The van der Waals surface area contributed by atoms with Gasteiger partial charge in [0, 0.05) is 6.26 Å². The molecule has 1 amide bonds. The number of amides is 1. The summed E-state index contributed by atoms with van der Waals surface area (Å²) in [6.07, 6.45) is 6.13. The van der Waals surface area contributed by atoms with Gasteiger partial charge in [-0.3, -0.25) is 4.79 Å². The van der Waals surface area contributed by atoms with Crippen molar-refractivity contribution in [2.45, 2.75) is 56.2 Å². The molecule has 0 aliphatic heterocycles. The first-order valence-electron chi connectivity index (χ1n) is 6.23. The number of sulfone groups is 1. The molecule has 1 saturated carbocycles. The minimum Gasteiger partial charge on any atom is -0.337 e. The van der Waals surface area contributed by atoms with Crippen molar-refractivity contribution in [3.8, 4) is 6.07 Å². The van der Waals surface area contributed by atoms with Gasteiger partial charge in [-0.25, -0.2) is 8.42 Å². The third kappa shape index (κ3) is 3.70. The van der Waals surface area contributed by atoms with Gasteiger partial charge in [-0.15, -0.1) is 0 Å². The minimum absolute atomic E-state index is 0.569. The number of nitriles is 1. The summed E-state index contributed by atoms with van der Waals surface area (Å²) in [5.74, 6) is -0.569. The molecule has 1 unspecified atom stereocenters. The molecule has 6 heteroatoms. The van der Waals surface area contributed by atoms with Crippen LogP contribution in [0.4, 0.5) is 0 Å². The van der Waals surface area contributed by atoms with Crippen LogP contribution in [-0.4, -0.2) is 31.4 Å². The zero-order chi connectivity index (χ0) is 13.8. The summed E-state index contributed by atoms with van der Waals surface area (Å²) in [5, 5.41) is 10.8. The van der Waals surface area contributed by atoms with Gasteiger partial charge in [-0.1, -0.05) is 25.7 Å². The molecular weight excluding hydrogens is 252 g/mol. The van der Waals surface area contributed by atoms with Crippen LogP contribution in [0.15, 0.2) is 0 Å². The number of nitrogens with zero attached hydrogens (tertiary/aromatic N) is 1. The van der Waals surface area contributed by atoms with E-state index in [-0.39, 0.29) is 0 Å². The molecule has 0 aromatic carbocycles. The average Bonchev–Trinajstić information content (AvgIpc) is 2.53. The number of carbonyl (C=O) groups is 1. The van der Waals surface area contributed by atoms with Crippen molar-refractivity contribution in [3.05, 3.63) is 0 Å². The van der Waals surface area contributed by atoms with Crippen molar-refractivity contribution >= 4 is 15.7 Å². The van der Waals surface area contributed by atoms with Gasteiger partial charge in [-0.2, -0.15) is 5.26 Å². The molecule has 18 heavy (non-hydrogen) atoms. The predicted octanol–water partition coefficient (Wildman–Crippen LogP) is 1.15. The molecule has 0 aromatic heterocycles. The Kier molecular flexibility index (Phi) is 4.74. The Labute approximate surface area is 108 Å². The van der Waals surface area contributed by atoms with E-state index in [1.54, 1.807) is 0 Å². The average molecular weight is 272 g/mol. The summed E-state index contributed by atoms with van der Waals surface area (Å²) >= 11 is 0. The van der Waals surface area contributed by atoms with Crippen molar-refractivity contribution in [1.29, 1.82) is 5.26 Å². The highest BCUT2D eigenvalue weighted by Gasteiger charge is 2.35. The molecule has 0 saturated heterocycles. The van der Waals surface area contributed by atoms with E-state index in [1.165, 1.54) is 6.92 Å². The molecule has 1 rings (SSSR count). The monoisotopic (exact) mass is 272 g/mol. The van der Waals surface area contributed by atoms with Crippen LogP contribution < -0.4 is 5.32 Å². The lowest BCUT2D eigenvalue weighted by Gasteiger charge is -2.27. The van der Waals surface area contributed by atoms with E-state index in [9.17, 15) is 18.5 Å². The summed E-state index contributed by atoms with van der Waals surface area (Å²) in [5.41, 5.74) is -0.882. The van der Waals surface area contributed by atoms with Crippen molar-refractivity contribution in [1.82, 2.24) is 5.32 Å². The van der Waals surface area contributed by atoms with Gasteiger partial charge in [0.05, 0.1) is 6.07 Å². The lowest BCUT2D eigenvalue weighted by Crippen LogP contribution is -2.51. The Morgan fingerprint density at radius 2 is 1.78 bits per heavy atom. The van der Waals surface area contributed by atoms with Gasteiger partial charge in [0.15, 0.2) is 9.84 Å². The Balaban J connectivity index is 2.80. The van der Waals surface area contributed by atoms with Crippen molar-refractivity contribution < 1.29 is 13.2 Å². The van der Waals surface area contributed by atoms with E-state index < -0.39 is 26.5 Å². The fourth-order valence-electron chi connectivity index (χ4n) is 2.13. The maximum absolute atomic E-state index is 11.9. The molecule has 102 valence electrons. The Morgan fingerprint density at radius 3 is 2.17 bits per heavy atom. The largest absolute Gasteiger partial charge is 0.337 e. The maximum atomic E-state index is 11.9. The molecule has 1 atom stereocenters. The van der Waals surface area contributed by atoms with Crippen LogP contribution in [0.2, 0.25) is 0 Å². The Morgan fingerprint density at radius 1 is 1.28 bits per heavy atom. The van der Waals surface area contributed by atoms with Crippen LogP contribution in [0.3, 0.4) is 0 Å². The smallest absolute Gasteiger partial charge is 0.239 e. The fraction of sp³-hybridized carbons (Fsp3) is 0.833. The van der Waals surface area contributed by atoms with Crippen LogP contribution in [0.1, 0.15) is 45.4 Å². The van der Waals surface area contributed by atoms with Gasteiger partial charge >= 0.3 is 0 Å². The van der Waals surface area contributed by atoms with Gasteiger partial charge < -0.3 is 5.32 Å². The van der Waals surface area contributed by atoms with E-state index in [0.29, 0.717) is 12.8 Å².